The van der Waals surface area contributed by atoms with Crippen molar-refractivity contribution in [1.29, 1.82) is 0 Å². The smallest absolute Gasteiger partial charge is 0.384 e. The van der Waals surface area contributed by atoms with Crippen LogP contribution in [0.4, 0.5) is 13.2 Å². The number of rotatable bonds is 3. The lowest BCUT2D eigenvalue weighted by Gasteiger charge is -2.14. The highest BCUT2D eigenvalue weighted by Gasteiger charge is 2.37. The number of halogens is 3. The van der Waals surface area contributed by atoms with Crippen molar-refractivity contribution >= 4 is 0 Å². The average molecular weight is 218 g/mol. The number of hydrogen-bond acceptors (Lipinski definition) is 1. The van der Waals surface area contributed by atoms with Crippen LogP contribution in [0.5, 0.6) is 0 Å². The second-order valence-electron chi connectivity index (χ2n) is 3.52. The summed E-state index contributed by atoms with van der Waals surface area (Å²) < 4.78 is 36.0. The largest absolute Gasteiger partial charge is 0.414 e. The van der Waals surface area contributed by atoms with Gasteiger partial charge in [0.15, 0.2) is 0 Å². The lowest BCUT2D eigenvalue weighted by molar-refractivity contribution is -0.205. The molecule has 84 valence electrons. The van der Waals surface area contributed by atoms with Crippen LogP contribution in [0.15, 0.2) is 24.3 Å². The van der Waals surface area contributed by atoms with Crippen molar-refractivity contribution < 1.29 is 18.3 Å². The molecule has 0 aliphatic rings. The van der Waals surface area contributed by atoms with Gasteiger partial charge in [0.05, 0.1) is 0 Å². The minimum atomic E-state index is -4.51. The van der Waals surface area contributed by atoms with E-state index in [0.717, 1.165) is 11.1 Å². The molecule has 0 aliphatic carbocycles. The summed E-state index contributed by atoms with van der Waals surface area (Å²) in [6.45, 7) is 1.84. The van der Waals surface area contributed by atoms with Gasteiger partial charge in [0.25, 0.3) is 0 Å². The summed E-state index contributed by atoms with van der Waals surface area (Å²) >= 11 is 0. The van der Waals surface area contributed by atoms with Gasteiger partial charge in [-0.05, 0) is 30.9 Å². The molecule has 0 saturated heterocycles. The Labute approximate surface area is 86.5 Å². The number of alkyl halides is 3. The number of benzene rings is 1. The summed E-state index contributed by atoms with van der Waals surface area (Å²) in [6, 6.07) is 7.23. The summed E-state index contributed by atoms with van der Waals surface area (Å²) in [6.07, 6.45) is -6.78. The van der Waals surface area contributed by atoms with E-state index in [-0.39, 0.29) is 12.8 Å². The fraction of sp³-hybridized carbons (Fsp3) is 0.455. The van der Waals surface area contributed by atoms with Crippen LogP contribution in [0, 0.1) is 6.92 Å². The monoisotopic (exact) mass is 218 g/mol. The minimum absolute atomic E-state index is 0.243. The summed E-state index contributed by atoms with van der Waals surface area (Å²) in [5, 5.41) is 8.81. The molecule has 0 fully saturated rings. The van der Waals surface area contributed by atoms with Gasteiger partial charge in [0, 0.05) is 0 Å². The van der Waals surface area contributed by atoms with E-state index in [4.69, 9.17) is 5.11 Å². The lowest BCUT2D eigenvalue weighted by atomic mass is 10.0. The molecule has 0 spiro atoms. The van der Waals surface area contributed by atoms with Crippen molar-refractivity contribution in [1.82, 2.24) is 0 Å². The van der Waals surface area contributed by atoms with E-state index in [0.29, 0.717) is 0 Å². The Bertz CT molecular complexity index is 320. The molecule has 1 nitrogen and oxygen atoms in total. The van der Waals surface area contributed by atoms with Crippen LogP contribution in [0.2, 0.25) is 0 Å². The summed E-state index contributed by atoms with van der Waals surface area (Å²) in [4.78, 5) is 0. The topological polar surface area (TPSA) is 20.2 Å². The van der Waals surface area contributed by atoms with Gasteiger partial charge in [-0.25, -0.2) is 0 Å². The van der Waals surface area contributed by atoms with Crippen LogP contribution in [0.1, 0.15) is 17.5 Å². The lowest BCUT2D eigenvalue weighted by Crippen LogP contribution is -2.28. The molecule has 0 heterocycles. The fourth-order valence-electron chi connectivity index (χ4n) is 1.35. The van der Waals surface area contributed by atoms with Crippen LogP contribution < -0.4 is 0 Å². The fourth-order valence-corrected chi connectivity index (χ4v) is 1.35. The van der Waals surface area contributed by atoms with Crippen LogP contribution in [-0.4, -0.2) is 17.4 Å². The highest BCUT2D eigenvalue weighted by Crippen LogP contribution is 2.23. The normalized spacial score (nSPS) is 13.9. The van der Waals surface area contributed by atoms with Crippen molar-refractivity contribution in [3.05, 3.63) is 35.4 Å². The van der Waals surface area contributed by atoms with E-state index in [9.17, 15) is 13.2 Å². The first-order valence-corrected chi connectivity index (χ1v) is 4.70. The molecule has 0 aromatic heterocycles. The van der Waals surface area contributed by atoms with Gasteiger partial charge in [0.1, 0.15) is 6.10 Å². The number of aliphatic hydroxyl groups is 1. The van der Waals surface area contributed by atoms with E-state index in [1.165, 1.54) is 0 Å². The molecule has 1 N–H and O–H groups in total. The van der Waals surface area contributed by atoms with E-state index in [2.05, 4.69) is 0 Å². The molecule has 15 heavy (non-hydrogen) atoms. The SMILES string of the molecule is Cc1ccccc1CCC(O)C(F)(F)F. The number of aliphatic hydroxyl groups excluding tert-OH is 1. The minimum Gasteiger partial charge on any atom is -0.384 e. The first kappa shape index (κ1) is 12.0. The Morgan fingerprint density at radius 2 is 1.87 bits per heavy atom. The molecule has 1 aromatic carbocycles. The number of aryl methyl sites for hydroxylation is 2. The van der Waals surface area contributed by atoms with Gasteiger partial charge in [0.2, 0.25) is 0 Å². The van der Waals surface area contributed by atoms with E-state index < -0.39 is 12.3 Å². The van der Waals surface area contributed by atoms with Crippen molar-refractivity contribution in [3.63, 3.8) is 0 Å². The molecule has 4 heteroatoms. The molecule has 0 saturated carbocycles. The predicted octanol–water partition coefficient (Wildman–Crippen LogP) is 2.85. The molecule has 0 radical (unpaired) electrons. The quantitative estimate of drug-likeness (QED) is 0.827. The maximum absolute atomic E-state index is 12.0. The zero-order valence-electron chi connectivity index (χ0n) is 8.38. The van der Waals surface area contributed by atoms with E-state index in [1.54, 1.807) is 12.1 Å². The molecule has 0 bridgehead atoms. The van der Waals surface area contributed by atoms with Crippen molar-refractivity contribution in [2.45, 2.75) is 32.0 Å². The Balaban J connectivity index is 2.55. The van der Waals surface area contributed by atoms with E-state index >= 15 is 0 Å². The van der Waals surface area contributed by atoms with Gasteiger partial charge in [-0.1, -0.05) is 24.3 Å². The highest BCUT2D eigenvalue weighted by atomic mass is 19.4. The second-order valence-corrected chi connectivity index (χ2v) is 3.52. The average Bonchev–Trinajstić information content (AvgIpc) is 2.14. The molecular formula is C11H13F3O. The molecule has 0 amide bonds. The maximum Gasteiger partial charge on any atom is 0.414 e. The second kappa shape index (κ2) is 4.66. The summed E-state index contributed by atoms with van der Waals surface area (Å²) in [5.41, 5.74) is 1.80. The third kappa shape index (κ3) is 3.55. The van der Waals surface area contributed by atoms with Gasteiger partial charge >= 0.3 is 6.18 Å². The Morgan fingerprint density at radius 1 is 1.27 bits per heavy atom. The summed E-state index contributed by atoms with van der Waals surface area (Å²) in [5.74, 6) is 0. The van der Waals surface area contributed by atoms with Crippen LogP contribution in [0.3, 0.4) is 0 Å². The standard InChI is InChI=1S/C11H13F3O/c1-8-4-2-3-5-9(8)6-7-10(15)11(12,13)14/h2-5,10,15H,6-7H2,1H3. The van der Waals surface area contributed by atoms with Crippen molar-refractivity contribution in [3.8, 4) is 0 Å². The molecule has 1 unspecified atom stereocenters. The van der Waals surface area contributed by atoms with E-state index in [1.807, 2.05) is 19.1 Å². The molecule has 1 atom stereocenters. The zero-order valence-corrected chi connectivity index (χ0v) is 8.38. The van der Waals surface area contributed by atoms with Gasteiger partial charge < -0.3 is 5.11 Å². The third-order valence-electron chi connectivity index (χ3n) is 2.33. The first-order chi connectivity index (χ1) is 6.91. The zero-order chi connectivity index (χ0) is 11.5. The Kier molecular flexibility index (Phi) is 3.74. The highest BCUT2D eigenvalue weighted by molar-refractivity contribution is 5.25. The predicted molar refractivity (Wildman–Crippen MR) is 51.6 cm³/mol. The molecule has 1 rings (SSSR count). The molecule has 1 aromatic rings. The van der Waals surface area contributed by atoms with Crippen LogP contribution in [0.25, 0.3) is 0 Å². The Hall–Kier alpha value is -1.03. The van der Waals surface area contributed by atoms with Crippen molar-refractivity contribution in [2.75, 3.05) is 0 Å². The van der Waals surface area contributed by atoms with Gasteiger partial charge in [-0.3, -0.25) is 0 Å². The first-order valence-electron chi connectivity index (χ1n) is 4.70. The van der Waals surface area contributed by atoms with Crippen LogP contribution in [-0.2, 0) is 6.42 Å². The molecule has 0 aliphatic heterocycles. The number of hydrogen-bond donors (Lipinski definition) is 1. The van der Waals surface area contributed by atoms with Crippen molar-refractivity contribution in [2.24, 2.45) is 0 Å². The maximum atomic E-state index is 12.0. The van der Waals surface area contributed by atoms with Gasteiger partial charge in [-0.15, -0.1) is 0 Å². The summed E-state index contributed by atoms with van der Waals surface area (Å²) in [7, 11) is 0. The molecular weight excluding hydrogens is 205 g/mol. The van der Waals surface area contributed by atoms with Gasteiger partial charge in [-0.2, -0.15) is 13.2 Å². The van der Waals surface area contributed by atoms with Crippen LogP contribution >= 0.6 is 0 Å². The third-order valence-corrected chi connectivity index (χ3v) is 2.33. The Morgan fingerprint density at radius 3 is 2.40 bits per heavy atom.